The number of methoxy groups -OCH3 is 1. The average Bonchev–Trinajstić information content (AvgIpc) is 3.22. The molecule has 1 amide bonds. The van der Waals surface area contributed by atoms with Gasteiger partial charge >= 0.3 is 0 Å². The smallest absolute Gasteiger partial charge is 0.237 e. The fraction of sp³-hybridized carbons (Fsp3) is 0.522. The van der Waals surface area contributed by atoms with E-state index < -0.39 is 6.10 Å². The second-order valence-corrected chi connectivity index (χ2v) is 9.20. The Labute approximate surface area is 193 Å². The lowest BCUT2D eigenvalue weighted by Gasteiger charge is -2.37. The number of benzene rings is 1. The number of ether oxygens (including phenoxy) is 2. The maximum Gasteiger partial charge on any atom is 0.237 e. The van der Waals surface area contributed by atoms with E-state index in [2.05, 4.69) is 18.4 Å². The summed E-state index contributed by atoms with van der Waals surface area (Å²) in [6, 6.07) is 9.24. The number of amides is 1. The molecule has 2 heterocycles. The molecule has 2 atom stereocenters. The van der Waals surface area contributed by atoms with Crippen molar-refractivity contribution < 1.29 is 19.4 Å². The first-order chi connectivity index (χ1) is 15.0. The van der Waals surface area contributed by atoms with Crippen molar-refractivity contribution in [2.75, 3.05) is 46.5 Å². The van der Waals surface area contributed by atoms with E-state index in [1.54, 1.807) is 30.6 Å². The molecule has 1 aliphatic rings. The minimum Gasteiger partial charge on any atom is -0.491 e. The number of nitrogens with zero attached hydrogens (tertiary/aromatic N) is 2. The van der Waals surface area contributed by atoms with Crippen LogP contribution in [0.15, 0.2) is 35.7 Å². The van der Waals surface area contributed by atoms with Crippen LogP contribution < -0.4 is 4.74 Å². The highest BCUT2D eigenvalue weighted by molar-refractivity contribution is 7.10. The molecule has 0 saturated carbocycles. The van der Waals surface area contributed by atoms with Crippen molar-refractivity contribution in [3.63, 3.8) is 0 Å². The predicted molar refractivity (Wildman–Crippen MR) is 124 cm³/mol. The minimum atomic E-state index is -0.613. The molecule has 170 valence electrons. The van der Waals surface area contributed by atoms with Gasteiger partial charge in [0, 0.05) is 30.1 Å². The normalized spacial score (nSPS) is 16.9. The van der Waals surface area contributed by atoms with Crippen molar-refractivity contribution in [2.24, 2.45) is 0 Å². The van der Waals surface area contributed by atoms with Crippen LogP contribution in [0.5, 0.6) is 5.75 Å². The molecule has 0 aliphatic carbocycles. The van der Waals surface area contributed by atoms with Gasteiger partial charge in [-0.2, -0.15) is 0 Å². The topological polar surface area (TPSA) is 62.2 Å². The number of carbonyl (C=O) groups is 1. The molecule has 8 heteroatoms. The number of aliphatic hydroxyl groups is 1. The van der Waals surface area contributed by atoms with Crippen molar-refractivity contribution >= 4 is 28.8 Å². The van der Waals surface area contributed by atoms with E-state index >= 15 is 0 Å². The van der Waals surface area contributed by atoms with Crippen LogP contribution in [0.2, 0.25) is 5.02 Å². The summed E-state index contributed by atoms with van der Waals surface area (Å²) < 4.78 is 11.1. The molecule has 0 spiro atoms. The number of hydrogen-bond donors (Lipinski definition) is 1. The van der Waals surface area contributed by atoms with E-state index in [1.165, 1.54) is 10.4 Å². The Bertz CT molecular complexity index is 829. The van der Waals surface area contributed by atoms with E-state index in [0.29, 0.717) is 24.7 Å². The zero-order chi connectivity index (χ0) is 22.2. The van der Waals surface area contributed by atoms with Gasteiger partial charge in [0.15, 0.2) is 0 Å². The molecule has 1 N–H and O–H groups in total. The van der Waals surface area contributed by atoms with Crippen LogP contribution in [0.4, 0.5) is 0 Å². The first-order valence-electron chi connectivity index (χ1n) is 10.6. The first kappa shape index (κ1) is 24.0. The summed E-state index contributed by atoms with van der Waals surface area (Å²) in [7, 11) is 1.57. The second-order valence-electron chi connectivity index (χ2n) is 7.76. The fourth-order valence-electron chi connectivity index (χ4n) is 3.96. The Morgan fingerprint density at radius 2 is 2.13 bits per heavy atom. The standard InChI is InChI=1S/C23H31ClN2O4S/c1-3-10-25(13-18(27)15-29-2)14-23(28)26-11-8-22-20(9-12-31-22)21(26)16-30-19-6-4-17(24)5-7-19/h4-7,9,12,18,21,27H,3,8,10-11,13-16H2,1-2H3. The van der Waals surface area contributed by atoms with Crippen LogP contribution in [0.1, 0.15) is 29.8 Å². The van der Waals surface area contributed by atoms with Crippen LogP contribution in [0, 0.1) is 0 Å². The Balaban J connectivity index is 1.70. The molecule has 0 bridgehead atoms. The fourth-order valence-corrected chi connectivity index (χ4v) is 5.01. The van der Waals surface area contributed by atoms with Gasteiger partial charge in [-0.3, -0.25) is 9.69 Å². The van der Waals surface area contributed by atoms with Gasteiger partial charge in [0.05, 0.1) is 25.3 Å². The Kier molecular flexibility index (Phi) is 9.16. The van der Waals surface area contributed by atoms with Crippen LogP contribution in [0.25, 0.3) is 0 Å². The number of fused-ring (bicyclic) bond motifs is 1. The van der Waals surface area contributed by atoms with E-state index in [0.717, 1.165) is 25.1 Å². The highest BCUT2D eigenvalue weighted by atomic mass is 35.5. The Morgan fingerprint density at radius 3 is 2.84 bits per heavy atom. The summed E-state index contributed by atoms with van der Waals surface area (Å²) in [4.78, 5) is 18.6. The van der Waals surface area contributed by atoms with Gasteiger partial charge in [-0.1, -0.05) is 18.5 Å². The Morgan fingerprint density at radius 1 is 1.35 bits per heavy atom. The number of thiophene rings is 1. The molecule has 0 saturated heterocycles. The van der Waals surface area contributed by atoms with Crippen molar-refractivity contribution in [2.45, 2.75) is 31.9 Å². The van der Waals surface area contributed by atoms with Crippen LogP contribution in [-0.4, -0.2) is 73.4 Å². The summed E-state index contributed by atoms with van der Waals surface area (Å²) in [5, 5.41) is 12.9. The molecular formula is C23H31ClN2O4S. The largest absolute Gasteiger partial charge is 0.491 e. The second kappa shape index (κ2) is 11.8. The van der Waals surface area contributed by atoms with Gasteiger partial charge in [-0.15, -0.1) is 11.3 Å². The third-order valence-corrected chi connectivity index (χ3v) is 6.61. The van der Waals surface area contributed by atoms with Gasteiger partial charge in [0.1, 0.15) is 12.4 Å². The van der Waals surface area contributed by atoms with Gasteiger partial charge in [0.25, 0.3) is 0 Å². The van der Waals surface area contributed by atoms with Crippen molar-refractivity contribution in [1.29, 1.82) is 0 Å². The zero-order valence-corrected chi connectivity index (χ0v) is 19.7. The van der Waals surface area contributed by atoms with Gasteiger partial charge in [0.2, 0.25) is 5.91 Å². The van der Waals surface area contributed by atoms with Crippen molar-refractivity contribution in [1.82, 2.24) is 9.80 Å². The predicted octanol–water partition coefficient (Wildman–Crippen LogP) is 3.63. The molecule has 31 heavy (non-hydrogen) atoms. The molecule has 3 rings (SSSR count). The van der Waals surface area contributed by atoms with Crippen LogP contribution in [0.3, 0.4) is 0 Å². The summed E-state index contributed by atoms with van der Waals surface area (Å²) in [6.45, 7) is 4.81. The molecule has 1 aromatic carbocycles. The molecule has 6 nitrogen and oxygen atoms in total. The third-order valence-electron chi connectivity index (χ3n) is 5.36. The van der Waals surface area contributed by atoms with Crippen molar-refractivity contribution in [3.05, 3.63) is 51.2 Å². The van der Waals surface area contributed by atoms with E-state index in [1.807, 2.05) is 21.9 Å². The maximum atomic E-state index is 13.3. The lowest BCUT2D eigenvalue weighted by atomic mass is 10.0. The lowest BCUT2D eigenvalue weighted by Crippen LogP contribution is -2.48. The Hall–Kier alpha value is -1.64. The minimum absolute atomic E-state index is 0.0552. The SMILES string of the molecule is CCCN(CC(=O)N1CCc2sccc2C1COc1ccc(Cl)cc1)CC(O)COC. The monoisotopic (exact) mass is 466 g/mol. The molecule has 0 fully saturated rings. The number of carbonyl (C=O) groups excluding carboxylic acids is 1. The average molecular weight is 467 g/mol. The quantitative estimate of drug-likeness (QED) is 0.548. The van der Waals surface area contributed by atoms with E-state index in [9.17, 15) is 9.90 Å². The molecular weight excluding hydrogens is 436 g/mol. The van der Waals surface area contributed by atoms with Gasteiger partial charge < -0.3 is 19.5 Å². The number of hydrogen-bond acceptors (Lipinski definition) is 6. The van der Waals surface area contributed by atoms with Gasteiger partial charge in [-0.25, -0.2) is 0 Å². The summed E-state index contributed by atoms with van der Waals surface area (Å²) in [5.74, 6) is 0.786. The van der Waals surface area contributed by atoms with Gasteiger partial charge in [-0.05, 0) is 60.7 Å². The third kappa shape index (κ3) is 6.67. The van der Waals surface area contributed by atoms with E-state index in [-0.39, 0.29) is 25.1 Å². The molecule has 2 unspecified atom stereocenters. The van der Waals surface area contributed by atoms with Crippen LogP contribution in [-0.2, 0) is 16.0 Å². The lowest BCUT2D eigenvalue weighted by molar-refractivity contribution is -0.136. The summed E-state index contributed by atoms with van der Waals surface area (Å²) in [6.07, 6.45) is 1.15. The highest BCUT2D eigenvalue weighted by Gasteiger charge is 2.33. The summed E-state index contributed by atoms with van der Waals surface area (Å²) in [5.41, 5.74) is 1.17. The number of halogens is 1. The molecule has 2 aromatic rings. The van der Waals surface area contributed by atoms with Crippen LogP contribution >= 0.6 is 22.9 Å². The maximum absolute atomic E-state index is 13.3. The molecule has 0 radical (unpaired) electrons. The van der Waals surface area contributed by atoms with E-state index in [4.69, 9.17) is 21.1 Å². The molecule has 1 aliphatic heterocycles. The highest BCUT2D eigenvalue weighted by Crippen LogP contribution is 2.34. The van der Waals surface area contributed by atoms with Crippen molar-refractivity contribution in [3.8, 4) is 5.75 Å². The number of rotatable bonds is 11. The summed E-state index contributed by atoms with van der Waals surface area (Å²) >= 11 is 7.70. The molecule has 1 aromatic heterocycles. The first-order valence-corrected chi connectivity index (χ1v) is 11.9. The zero-order valence-electron chi connectivity index (χ0n) is 18.1. The number of aliphatic hydroxyl groups excluding tert-OH is 1.